The van der Waals surface area contributed by atoms with Gasteiger partial charge in [0.15, 0.2) is 23.9 Å². The number of carbonyl (C=O) groups is 1. The van der Waals surface area contributed by atoms with Crippen LogP contribution in [0.1, 0.15) is 38.3 Å². The predicted octanol–water partition coefficient (Wildman–Crippen LogP) is -1.13. The van der Waals surface area contributed by atoms with Gasteiger partial charge in [-0.25, -0.2) is 24.1 Å². The lowest BCUT2D eigenvalue weighted by molar-refractivity contribution is -0.116. The predicted molar refractivity (Wildman–Crippen MR) is 163 cm³/mol. The number of allylic oxidation sites excluding steroid dienone is 1. The number of primary amides is 1. The van der Waals surface area contributed by atoms with Gasteiger partial charge >= 0.3 is 15.6 Å². The van der Waals surface area contributed by atoms with E-state index >= 15 is 0 Å². The van der Waals surface area contributed by atoms with Crippen LogP contribution < -0.4 is 11.5 Å². The summed E-state index contributed by atoms with van der Waals surface area (Å²) in [6, 6.07) is 0. The molecule has 0 aromatic carbocycles. The molecule has 1 amide bonds. The highest BCUT2D eigenvalue weighted by Crippen LogP contribution is 2.61. The Morgan fingerprint density at radius 1 is 0.918 bits per heavy atom. The summed E-state index contributed by atoms with van der Waals surface area (Å²) in [6.07, 6.45) is -0.321. The fourth-order valence-corrected chi connectivity index (χ4v) is 8.59. The second-order valence-electron chi connectivity index (χ2n) is 12.2. The van der Waals surface area contributed by atoms with E-state index in [9.17, 15) is 44.1 Å². The first-order chi connectivity index (χ1) is 23.1. The fourth-order valence-electron chi connectivity index (χ4n) is 6.50. The molecular formula is C26H37N7O14P2. The first-order valence-corrected chi connectivity index (χ1v) is 18.2. The molecule has 49 heavy (non-hydrogen) atoms. The Bertz CT molecular complexity index is 1720. The van der Waals surface area contributed by atoms with E-state index in [1.165, 1.54) is 22.0 Å². The maximum Gasteiger partial charge on any atom is 0.481 e. The number of nitrogen functional groups attached to an aromatic ring is 1. The molecule has 10 atom stereocenters. The van der Waals surface area contributed by atoms with Gasteiger partial charge in [0, 0.05) is 23.4 Å². The van der Waals surface area contributed by atoms with Crippen LogP contribution in [-0.4, -0.2) is 117 Å². The molecule has 4 aliphatic rings. The molecule has 1 spiro atoms. The molecule has 3 fully saturated rings. The number of hydrogen-bond donors (Lipinski definition) is 8. The topological polar surface area (TPSA) is 318 Å². The lowest BCUT2D eigenvalue weighted by Crippen LogP contribution is -2.43. The Morgan fingerprint density at radius 3 is 2.12 bits per heavy atom. The SMILES string of the molecule is NC(=O)C1=CN([C@H]2O[C@@H](COP(=O)(O)OP(=O)(O)OC[C@H]3O[C@@H](n4cnc5c(N)ncnc54)[C@H](O)[C@@H]3O)[C@H](O)[C@@H]2O)C=CC12CCCCC2. The second kappa shape index (κ2) is 13.7. The summed E-state index contributed by atoms with van der Waals surface area (Å²) in [5.41, 5.74) is 11.6. The minimum absolute atomic E-state index is 0.0538. The molecule has 2 unspecified atom stereocenters. The highest BCUT2D eigenvalue weighted by atomic mass is 31.3. The zero-order valence-corrected chi connectivity index (χ0v) is 27.5. The van der Waals surface area contributed by atoms with E-state index in [4.69, 9.17) is 30.0 Å². The zero-order chi connectivity index (χ0) is 35.3. The summed E-state index contributed by atoms with van der Waals surface area (Å²) in [7, 11) is -10.8. The van der Waals surface area contributed by atoms with Crippen molar-refractivity contribution in [3.8, 4) is 0 Å². The van der Waals surface area contributed by atoms with Crippen molar-refractivity contribution in [2.75, 3.05) is 18.9 Å². The molecule has 1 saturated carbocycles. The van der Waals surface area contributed by atoms with Crippen LogP contribution in [0, 0.1) is 5.41 Å². The average Bonchev–Trinajstić information content (AvgIpc) is 3.69. The molecule has 2 aromatic rings. The maximum atomic E-state index is 12.6. The number of carbonyl (C=O) groups excluding carboxylic acids is 1. The summed E-state index contributed by atoms with van der Waals surface area (Å²) in [5, 5.41) is 42.3. The summed E-state index contributed by atoms with van der Waals surface area (Å²) < 4.78 is 51.5. The van der Waals surface area contributed by atoms with Crippen LogP contribution in [0.25, 0.3) is 11.2 Å². The van der Waals surface area contributed by atoms with Crippen LogP contribution in [0.3, 0.4) is 0 Å². The third-order valence-corrected chi connectivity index (χ3v) is 11.6. The third-order valence-electron chi connectivity index (χ3n) is 9.03. The van der Waals surface area contributed by atoms with Gasteiger partial charge in [0.05, 0.1) is 19.5 Å². The number of imidazole rings is 1. The van der Waals surface area contributed by atoms with Gasteiger partial charge in [-0.05, 0) is 12.8 Å². The van der Waals surface area contributed by atoms with Gasteiger partial charge < -0.3 is 56.1 Å². The van der Waals surface area contributed by atoms with Crippen LogP contribution in [-0.2, 0) is 36.8 Å². The fraction of sp³-hybridized carbons (Fsp3) is 0.615. The maximum absolute atomic E-state index is 12.6. The van der Waals surface area contributed by atoms with Crippen molar-refractivity contribution in [3.63, 3.8) is 0 Å². The monoisotopic (exact) mass is 733 g/mol. The summed E-state index contributed by atoms with van der Waals surface area (Å²) in [5.74, 6) is -0.589. The molecule has 1 aliphatic carbocycles. The second-order valence-corrected chi connectivity index (χ2v) is 15.2. The molecule has 0 bridgehead atoms. The van der Waals surface area contributed by atoms with E-state index in [0.29, 0.717) is 5.57 Å². The lowest BCUT2D eigenvalue weighted by atomic mass is 9.68. The molecular weight excluding hydrogens is 696 g/mol. The normalized spacial score (nSPS) is 33.8. The molecule has 5 heterocycles. The molecule has 21 nitrogen and oxygen atoms in total. The van der Waals surface area contributed by atoms with Crippen molar-refractivity contribution >= 4 is 38.5 Å². The van der Waals surface area contributed by atoms with Crippen molar-refractivity contribution in [3.05, 3.63) is 36.7 Å². The molecule has 270 valence electrons. The number of hydrogen-bond acceptors (Lipinski definition) is 17. The minimum atomic E-state index is -5.39. The Hall–Kier alpha value is -2.88. The van der Waals surface area contributed by atoms with E-state index in [1.54, 1.807) is 6.20 Å². The number of aliphatic hydroxyl groups is 4. The lowest BCUT2D eigenvalue weighted by Gasteiger charge is -2.41. The molecule has 0 radical (unpaired) electrons. The van der Waals surface area contributed by atoms with Crippen molar-refractivity contribution in [1.82, 2.24) is 24.4 Å². The Labute approximate surface area is 277 Å². The van der Waals surface area contributed by atoms with E-state index in [2.05, 4.69) is 19.3 Å². The van der Waals surface area contributed by atoms with Gasteiger partial charge in [-0.15, -0.1) is 0 Å². The zero-order valence-electron chi connectivity index (χ0n) is 25.7. The highest BCUT2D eigenvalue weighted by Gasteiger charge is 2.49. The quantitative estimate of drug-likeness (QED) is 0.127. The number of amides is 1. The molecule has 2 saturated heterocycles. The Balaban J connectivity index is 1.03. The van der Waals surface area contributed by atoms with E-state index in [0.717, 1.165) is 38.4 Å². The van der Waals surface area contributed by atoms with Crippen LogP contribution in [0.15, 0.2) is 36.7 Å². The summed E-state index contributed by atoms with van der Waals surface area (Å²) >= 11 is 0. The number of anilines is 1. The van der Waals surface area contributed by atoms with E-state index < -0.39 is 89.3 Å². The van der Waals surface area contributed by atoms with Crippen molar-refractivity contribution in [1.29, 1.82) is 0 Å². The first kappa shape index (κ1) is 35.9. The third kappa shape index (κ3) is 7.18. The number of aromatic nitrogens is 4. The largest absolute Gasteiger partial charge is 0.481 e. The van der Waals surface area contributed by atoms with Gasteiger partial charge in [0.2, 0.25) is 5.91 Å². The van der Waals surface area contributed by atoms with Crippen LogP contribution in [0.4, 0.5) is 5.82 Å². The smallest absolute Gasteiger partial charge is 0.387 e. The van der Waals surface area contributed by atoms with Gasteiger partial charge in [-0.3, -0.25) is 18.4 Å². The van der Waals surface area contributed by atoms with E-state index in [1.807, 2.05) is 6.08 Å². The number of aliphatic hydroxyl groups excluding tert-OH is 4. The number of rotatable bonds is 11. The van der Waals surface area contributed by atoms with Gasteiger partial charge in [-0.2, -0.15) is 4.31 Å². The van der Waals surface area contributed by atoms with Gasteiger partial charge in [-0.1, -0.05) is 25.3 Å². The number of phosphoric acid groups is 2. The Morgan fingerprint density at radius 2 is 1.51 bits per heavy atom. The van der Waals surface area contributed by atoms with Crippen molar-refractivity contribution in [2.45, 2.75) is 81.2 Å². The molecule has 10 N–H and O–H groups in total. The number of phosphoric ester groups is 2. The van der Waals surface area contributed by atoms with Gasteiger partial charge in [0.1, 0.15) is 48.5 Å². The first-order valence-electron chi connectivity index (χ1n) is 15.2. The molecule has 2 aromatic heterocycles. The molecule has 3 aliphatic heterocycles. The van der Waals surface area contributed by atoms with Crippen molar-refractivity contribution < 1.29 is 67.0 Å². The van der Waals surface area contributed by atoms with Gasteiger partial charge in [0.25, 0.3) is 0 Å². The average molecular weight is 734 g/mol. The van der Waals surface area contributed by atoms with E-state index in [-0.39, 0.29) is 17.0 Å². The molecule has 23 heteroatoms. The minimum Gasteiger partial charge on any atom is -0.387 e. The number of nitrogens with zero attached hydrogens (tertiary/aromatic N) is 5. The van der Waals surface area contributed by atoms with Crippen LogP contribution >= 0.6 is 15.6 Å². The number of fused-ring (bicyclic) bond motifs is 1. The van der Waals surface area contributed by atoms with Crippen LogP contribution in [0.5, 0.6) is 0 Å². The van der Waals surface area contributed by atoms with Crippen LogP contribution in [0.2, 0.25) is 0 Å². The number of nitrogens with two attached hydrogens (primary N) is 2. The standard InChI is InChI=1S/C26H37N7O14P2/c27-21-16-23(30-11-29-21)33(12-31-16)25-20(37)18(35)15(46-25)10-44-49(41,42)47-48(39,40)43-9-14-17(34)19(36)24(45-14)32-7-6-26(4-2-1-3-5-26)13(8-32)22(28)38/h6-8,11-12,14-15,17-20,24-25,34-37H,1-5,9-10H2,(H2,28,38)(H,39,40)(H,41,42)(H2,27,29,30)/t14-,15+,17-,18+,19-,20+,24-,25+/m0/s1. The Kier molecular flexibility index (Phi) is 10.0. The summed E-state index contributed by atoms with van der Waals surface area (Å²) in [4.78, 5) is 45.9. The molecule has 6 rings (SSSR count). The summed E-state index contributed by atoms with van der Waals surface area (Å²) in [6.45, 7) is -1.78. The number of ether oxygens (including phenoxy) is 2. The van der Waals surface area contributed by atoms with Crippen molar-refractivity contribution in [2.24, 2.45) is 11.1 Å². The highest BCUT2D eigenvalue weighted by molar-refractivity contribution is 7.61.